The Balaban J connectivity index is 1.19. The summed E-state index contributed by atoms with van der Waals surface area (Å²) in [6.45, 7) is 0.636. The smallest absolute Gasteiger partial charge is 0.266 e. The third-order valence-electron chi connectivity index (χ3n) is 5.23. The number of hydrogen-bond acceptors (Lipinski definition) is 8. The van der Waals surface area contributed by atoms with Crippen molar-refractivity contribution in [1.29, 1.82) is 0 Å². The topological polar surface area (TPSA) is 114 Å². The van der Waals surface area contributed by atoms with E-state index in [2.05, 4.69) is 10.3 Å². The first-order valence-electron chi connectivity index (χ1n) is 10.8. The van der Waals surface area contributed by atoms with Crippen molar-refractivity contribution in [2.24, 2.45) is 0 Å². The van der Waals surface area contributed by atoms with Gasteiger partial charge in [-0.15, -0.1) is 4.83 Å². The van der Waals surface area contributed by atoms with E-state index in [4.69, 9.17) is 21.7 Å². The van der Waals surface area contributed by atoms with Gasteiger partial charge < -0.3 is 9.47 Å². The van der Waals surface area contributed by atoms with Crippen molar-refractivity contribution in [3.05, 3.63) is 59.0 Å². The van der Waals surface area contributed by atoms with Crippen LogP contribution < -0.4 is 19.7 Å². The van der Waals surface area contributed by atoms with Crippen LogP contribution in [0.4, 0.5) is 0 Å². The fraction of sp³-hybridized carbons (Fsp3) is 0.261. The molecule has 0 aromatic heterocycles. The Morgan fingerprint density at radius 3 is 2.66 bits per heavy atom. The van der Waals surface area contributed by atoms with E-state index in [1.54, 1.807) is 35.2 Å². The average molecular weight is 534 g/mol. The number of ether oxygens (including phenoxy) is 2. The Kier molecular flexibility index (Phi) is 8.06. The van der Waals surface area contributed by atoms with Crippen molar-refractivity contribution >= 4 is 56.2 Å². The molecule has 0 saturated carbocycles. The Morgan fingerprint density at radius 1 is 1.09 bits per heavy atom. The highest BCUT2D eigenvalue weighted by atomic mass is 32.2. The second-order valence-electron chi connectivity index (χ2n) is 7.72. The largest absolute Gasteiger partial charge is 0.454 e. The normalized spacial score (nSPS) is 16.2. The van der Waals surface area contributed by atoms with E-state index in [0.717, 1.165) is 5.56 Å². The van der Waals surface area contributed by atoms with Crippen LogP contribution in [0.5, 0.6) is 11.5 Å². The van der Waals surface area contributed by atoms with Crippen molar-refractivity contribution in [3.8, 4) is 11.5 Å². The van der Waals surface area contributed by atoms with E-state index in [1.165, 1.54) is 23.9 Å². The molecule has 2 aliphatic rings. The van der Waals surface area contributed by atoms with Crippen molar-refractivity contribution in [1.82, 2.24) is 15.2 Å². The number of sulfonamides is 1. The van der Waals surface area contributed by atoms with E-state index in [1.807, 2.05) is 12.1 Å². The molecule has 2 amide bonds. The van der Waals surface area contributed by atoms with Gasteiger partial charge in [0.2, 0.25) is 12.7 Å². The molecule has 2 aromatic carbocycles. The highest BCUT2D eigenvalue weighted by Crippen LogP contribution is 2.36. The quantitative estimate of drug-likeness (QED) is 0.207. The minimum atomic E-state index is -3.81. The molecule has 0 bridgehead atoms. The fourth-order valence-corrected chi connectivity index (χ4v) is 5.61. The van der Waals surface area contributed by atoms with Crippen molar-refractivity contribution in [3.63, 3.8) is 0 Å². The number of benzene rings is 2. The fourth-order valence-electron chi connectivity index (χ4n) is 3.42. The van der Waals surface area contributed by atoms with Crippen LogP contribution in [-0.2, 0) is 19.6 Å². The maximum Gasteiger partial charge on any atom is 0.266 e. The first kappa shape index (κ1) is 25.2. The lowest BCUT2D eigenvalue weighted by Gasteiger charge is -2.14. The molecule has 2 N–H and O–H groups in total. The van der Waals surface area contributed by atoms with Gasteiger partial charge in [-0.25, -0.2) is 8.42 Å². The van der Waals surface area contributed by atoms with E-state index in [9.17, 15) is 18.0 Å². The van der Waals surface area contributed by atoms with Crippen LogP contribution in [0.2, 0.25) is 0 Å². The van der Waals surface area contributed by atoms with E-state index >= 15 is 0 Å². The van der Waals surface area contributed by atoms with Gasteiger partial charge >= 0.3 is 0 Å². The van der Waals surface area contributed by atoms with Crippen LogP contribution in [0.1, 0.15) is 31.2 Å². The summed E-state index contributed by atoms with van der Waals surface area (Å²) in [4.78, 5) is 29.0. The summed E-state index contributed by atoms with van der Waals surface area (Å²) in [7, 11) is -3.81. The number of carbonyl (C=O) groups excluding carboxylic acids is 2. The van der Waals surface area contributed by atoms with Gasteiger partial charge in [0.1, 0.15) is 4.32 Å². The number of hydrogen-bond donors (Lipinski definition) is 2. The summed E-state index contributed by atoms with van der Waals surface area (Å²) in [5.41, 5.74) is 3.05. The summed E-state index contributed by atoms with van der Waals surface area (Å²) < 4.78 is 35.4. The highest BCUT2D eigenvalue weighted by Gasteiger charge is 2.31. The van der Waals surface area contributed by atoms with Crippen LogP contribution in [0.15, 0.2) is 58.3 Å². The second kappa shape index (κ2) is 11.2. The Morgan fingerprint density at radius 2 is 1.86 bits per heavy atom. The Bertz CT molecular complexity index is 1260. The number of nitrogens with one attached hydrogen (secondary N) is 2. The predicted octanol–water partition coefficient (Wildman–Crippen LogP) is 3.19. The summed E-state index contributed by atoms with van der Waals surface area (Å²) in [5.74, 6) is 0.746. The number of fused-ring (bicyclic) bond motifs is 1. The standard InChI is InChI=1S/C23H23N3O6S3/c27-21(24-25-35(29,30)17-7-3-1-4-8-17)9-5-2-6-12-26-22(28)20(34-23(26)33)14-16-10-11-18-19(13-16)32-15-31-18/h1,3-4,7-8,10-11,13-14,25H,2,5-6,9,12,15H2,(H,24,27)/b20-14-. The van der Waals surface area contributed by atoms with Gasteiger partial charge in [-0.2, -0.15) is 0 Å². The average Bonchev–Trinajstić information content (AvgIpc) is 3.42. The van der Waals surface area contributed by atoms with E-state index in [0.29, 0.717) is 46.5 Å². The molecule has 0 spiro atoms. The van der Waals surface area contributed by atoms with Crippen LogP contribution in [-0.4, -0.2) is 42.8 Å². The zero-order valence-corrected chi connectivity index (χ0v) is 21.0. The van der Waals surface area contributed by atoms with Gasteiger partial charge in [0.25, 0.3) is 15.9 Å². The lowest BCUT2D eigenvalue weighted by atomic mass is 10.1. The molecule has 0 unspecified atom stereocenters. The molecule has 0 aliphatic carbocycles. The van der Waals surface area contributed by atoms with Crippen molar-refractivity contribution in [2.45, 2.75) is 30.6 Å². The molecule has 1 fully saturated rings. The highest BCUT2D eigenvalue weighted by molar-refractivity contribution is 8.26. The number of carbonyl (C=O) groups is 2. The second-order valence-corrected chi connectivity index (χ2v) is 11.1. The SMILES string of the molecule is O=C(CCCCCN1C(=O)/C(=C/c2ccc3c(c2)OCO3)SC1=S)NNS(=O)(=O)c1ccccc1. The van der Waals surface area contributed by atoms with Gasteiger partial charge in [0.15, 0.2) is 11.5 Å². The number of thiocarbonyl (C=S) groups is 1. The van der Waals surface area contributed by atoms with Crippen molar-refractivity contribution < 1.29 is 27.5 Å². The summed E-state index contributed by atoms with van der Waals surface area (Å²) >= 11 is 6.63. The maximum absolute atomic E-state index is 12.8. The lowest BCUT2D eigenvalue weighted by molar-refractivity contribution is -0.123. The molecule has 12 heteroatoms. The molecule has 2 heterocycles. The molecule has 184 valence electrons. The summed E-state index contributed by atoms with van der Waals surface area (Å²) in [6, 6.07) is 13.3. The number of thioether (sulfide) groups is 1. The van der Waals surface area contributed by atoms with Gasteiger partial charge in [0.05, 0.1) is 9.80 Å². The van der Waals surface area contributed by atoms with Gasteiger partial charge in [0, 0.05) is 13.0 Å². The molecule has 35 heavy (non-hydrogen) atoms. The third kappa shape index (κ3) is 6.40. The third-order valence-corrected chi connectivity index (χ3v) is 7.87. The molecular weight excluding hydrogens is 510 g/mol. The van der Waals surface area contributed by atoms with Crippen molar-refractivity contribution in [2.75, 3.05) is 13.3 Å². The van der Waals surface area contributed by atoms with Gasteiger partial charge in [-0.05, 0) is 48.7 Å². The Hall–Kier alpha value is -2.93. The lowest BCUT2D eigenvalue weighted by Crippen LogP contribution is -2.41. The number of rotatable bonds is 10. The minimum Gasteiger partial charge on any atom is -0.454 e. The van der Waals surface area contributed by atoms with Crippen LogP contribution in [0.3, 0.4) is 0 Å². The summed E-state index contributed by atoms with van der Waals surface area (Å²) in [6.07, 6.45) is 3.81. The molecule has 9 nitrogen and oxygen atoms in total. The van der Waals surface area contributed by atoms with Crippen LogP contribution in [0, 0.1) is 0 Å². The number of unbranched alkanes of at least 4 members (excludes halogenated alkanes) is 2. The zero-order chi connectivity index (χ0) is 24.8. The molecular formula is C23H23N3O6S3. The van der Waals surface area contributed by atoms with Crippen LogP contribution in [0.25, 0.3) is 6.08 Å². The molecule has 1 saturated heterocycles. The number of nitrogens with zero attached hydrogens (tertiary/aromatic N) is 1. The molecule has 2 aromatic rings. The Labute approximate surface area is 212 Å². The number of amides is 2. The monoisotopic (exact) mass is 533 g/mol. The zero-order valence-electron chi connectivity index (χ0n) is 18.6. The first-order chi connectivity index (χ1) is 16.8. The molecule has 0 radical (unpaired) electrons. The summed E-state index contributed by atoms with van der Waals surface area (Å²) in [5, 5.41) is 0. The van der Waals surface area contributed by atoms with Gasteiger partial charge in [-0.1, -0.05) is 54.7 Å². The molecule has 4 rings (SSSR count). The predicted molar refractivity (Wildman–Crippen MR) is 136 cm³/mol. The minimum absolute atomic E-state index is 0.0661. The first-order valence-corrected chi connectivity index (χ1v) is 13.5. The number of hydrazine groups is 1. The van der Waals surface area contributed by atoms with E-state index in [-0.39, 0.29) is 24.0 Å². The molecule has 0 atom stereocenters. The van der Waals surface area contributed by atoms with E-state index < -0.39 is 15.9 Å². The molecule has 2 aliphatic heterocycles. The van der Waals surface area contributed by atoms with Gasteiger partial charge in [-0.3, -0.25) is 19.9 Å². The maximum atomic E-state index is 12.8. The van der Waals surface area contributed by atoms with Crippen LogP contribution >= 0.6 is 24.0 Å².